The molecule has 2 rings (SSSR count). The van der Waals surface area contributed by atoms with Gasteiger partial charge in [-0.1, -0.05) is 0 Å². The summed E-state index contributed by atoms with van der Waals surface area (Å²) in [6.07, 6.45) is -4.51. The summed E-state index contributed by atoms with van der Waals surface area (Å²) in [6, 6.07) is 4.31. The normalized spacial score (nSPS) is 21.9. The molecule has 114 valence electrons. The monoisotopic (exact) mass is 318 g/mol. The largest absolute Gasteiger partial charge is 0.416 e. The SMILES string of the molecule is CC1CS(=O)(=O)CCN1c1ccc(C(F)(F)F)cc1C#N. The maximum atomic E-state index is 12.7. The smallest absolute Gasteiger partial charge is 0.366 e. The zero-order valence-corrected chi connectivity index (χ0v) is 12.0. The lowest BCUT2D eigenvalue weighted by atomic mass is 10.1. The average molecular weight is 318 g/mol. The van der Waals surface area contributed by atoms with Gasteiger partial charge in [0.25, 0.3) is 0 Å². The molecule has 21 heavy (non-hydrogen) atoms. The van der Waals surface area contributed by atoms with Crippen LogP contribution in [0.15, 0.2) is 18.2 Å². The summed E-state index contributed by atoms with van der Waals surface area (Å²) in [5.74, 6) is -0.137. The summed E-state index contributed by atoms with van der Waals surface area (Å²) in [5.41, 5.74) is -0.649. The van der Waals surface area contributed by atoms with Gasteiger partial charge in [0.05, 0.1) is 28.3 Å². The number of alkyl halides is 3. The number of hydrogen-bond acceptors (Lipinski definition) is 4. The molecule has 1 aliphatic heterocycles. The van der Waals surface area contributed by atoms with Crippen LogP contribution < -0.4 is 4.90 Å². The number of anilines is 1. The molecule has 1 saturated heterocycles. The van der Waals surface area contributed by atoms with Gasteiger partial charge in [-0.2, -0.15) is 18.4 Å². The first-order chi connectivity index (χ1) is 9.64. The van der Waals surface area contributed by atoms with E-state index in [0.717, 1.165) is 12.1 Å². The molecule has 0 saturated carbocycles. The Kier molecular flexibility index (Phi) is 3.89. The summed E-state index contributed by atoms with van der Waals surface area (Å²) < 4.78 is 61.0. The van der Waals surface area contributed by atoms with Crippen molar-refractivity contribution in [1.82, 2.24) is 0 Å². The van der Waals surface area contributed by atoms with Crippen molar-refractivity contribution < 1.29 is 21.6 Å². The van der Waals surface area contributed by atoms with Crippen molar-refractivity contribution in [1.29, 1.82) is 5.26 Å². The molecule has 1 fully saturated rings. The Labute approximate surface area is 120 Å². The molecule has 1 unspecified atom stereocenters. The van der Waals surface area contributed by atoms with Gasteiger partial charge in [0.15, 0.2) is 9.84 Å². The standard InChI is InChI=1S/C13H13F3N2O2S/c1-9-8-21(19,20)5-4-18(9)12-3-2-11(13(14,15)16)6-10(12)7-17/h2-3,6,9H,4-5,8H2,1H3. The summed E-state index contributed by atoms with van der Waals surface area (Å²) >= 11 is 0. The molecule has 0 bridgehead atoms. The van der Waals surface area contributed by atoms with Crippen LogP contribution in [0.3, 0.4) is 0 Å². The molecule has 4 nitrogen and oxygen atoms in total. The zero-order chi connectivity index (χ0) is 15.8. The Morgan fingerprint density at radius 1 is 1.38 bits per heavy atom. The van der Waals surface area contributed by atoms with E-state index < -0.39 is 21.6 Å². The molecule has 0 amide bonds. The van der Waals surface area contributed by atoms with Crippen molar-refractivity contribution in [3.8, 4) is 6.07 Å². The number of hydrogen-bond donors (Lipinski definition) is 0. The third-order valence-electron chi connectivity index (χ3n) is 3.42. The minimum atomic E-state index is -4.51. The van der Waals surface area contributed by atoms with Crippen LogP contribution in [-0.4, -0.2) is 32.5 Å². The Morgan fingerprint density at radius 2 is 2.05 bits per heavy atom. The first kappa shape index (κ1) is 15.6. The van der Waals surface area contributed by atoms with Crippen molar-refractivity contribution in [3.63, 3.8) is 0 Å². The number of halogens is 3. The van der Waals surface area contributed by atoms with Gasteiger partial charge < -0.3 is 4.90 Å². The van der Waals surface area contributed by atoms with Crippen LogP contribution in [0.1, 0.15) is 18.1 Å². The molecule has 1 aliphatic rings. The van der Waals surface area contributed by atoms with E-state index in [9.17, 15) is 21.6 Å². The van der Waals surface area contributed by atoms with E-state index in [1.54, 1.807) is 17.9 Å². The zero-order valence-electron chi connectivity index (χ0n) is 11.2. The highest BCUT2D eigenvalue weighted by Crippen LogP contribution is 2.33. The van der Waals surface area contributed by atoms with Crippen molar-refractivity contribution in [2.24, 2.45) is 0 Å². The van der Waals surface area contributed by atoms with Gasteiger partial charge in [0.1, 0.15) is 6.07 Å². The Balaban J connectivity index is 2.39. The fourth-order valence-electron chi connectivity index (χ4n) is 2.41. The first-order valence-electron chi connectivity index (χ1n) is 6.22. The second-order valence-corrected chi connectivity index (χ2v) is 7.23. The van der Waals surface area contributed by atoms with E-state index >= 15 is 0 Å². The second kappa shape index (κ2) is 5.22. The quantitative estimate of drug-likeness (QED) is 0.796. The highest BCUT2D eigenvalue weighted by molar-refractivity contribution is 7.91. The molecule has 1 aromatic carbocycles. The number of benzene rings is 1. The van der Waals surface area contributed by atoms with E-state index in [1.807, 2.05) is 0 Å². The highest BCUT2D eigenvalue weighted by Gasteiger charge is 2.33. The van der Waals surface area contributed by atoms with Crippen LogP contribution in [0.4, 0.5) is 18.9 Å². The third kappa shape index (κ3) is 3.29. The minimum absolute atomic E-state index is 0.0662. The van der Waals surface area contributed by atoms with Crippen molar-refractivity contribution in [2.45, 2.75) is 19.1 Å². The topological polar surface area (TPSA) is 61.2 Å². The molecular formula is C13H13F3N2O2S. The van der Waals surface area contributed by atoms with Crippen molar-refractivity contribution in [3.05, 3.63) is 29.3 Å². The van der Waals surface area contributed by atoms with Crippen molar-refractivity contribution in [2.75, 3.05) is 23.0 Å². The van der Waals surface area contributed by atoms with E-state index in [1.165, 1.54) is 6.07 Å². The van der Waals surface area contributed by atoms with E-state index in [-0.39, 0.29) is 29.7 Å². The lowest BCUT2D eigenvalue weighted by molar-refractivity contribution is -0.137. The van der Waals surface area contributed by atoms with Crippen LogP contribution in [0.25, 0.3) is 0 Å². The van der Waals surface area contributed by atoms with Gasteiger partial charge in [-0.05, 0) is 25.1 Å². The molecule has 1 heterocycles. The summed E-state index contributed by atoms with van der Waals surface area (Å²) in [6.45, 7) is 1.85. The lowest BCUT2D eigenvalue weighted by Gasteiger charge is -2.35. The van der Waals surface area contributed by atoms with Crippen molar-refractivity contribution >= 4 is 15.5 Å². The molecule has 0 aromatic heterocycles. The van der Waals surface area contributed by atoms with Crippen LogP contribution in [0.2, 0.25) is 0 Å². The van der Waals surface area contributed by atoms with Gasteiger partial charge in [-0.25, -0.2) is 8.42 Å². The Hall–Kier alpha value is -1.75. The maximum Gasteiger partial charge on any atom is 0.416 e. The average Bonchev–Trinajstić information content (AvgIpc) is 2.36. The second-order valence-electron chi connectivity index (χ2n) is 5.00. The van der Waals surface area contributed by atoms with Gasteiger partial charge in [-0.3, -0.25) is 0 Å². The predicted octanol–water partition coefficient (Wildman–Crippen LogP) is 2.20. The highest BCUT2D eigenvalue weighted by atomic mass is 32.2. The third-order valence-corrected chi connectivity index (χ3v) is 5.22. The fourth-order valence-corrected chi connectivity index (χ4v) is 3.97. The van der Waals surface area contributed by atoms with Crippen LogP contribution >= 0.6 is 0 Å². The summed E-state index contributed by atoms with van der Waals surface area (Å²) in [7, 11) is -3.13. The number of sulfone groups is 1. The van der Waals surface area contributed by atoms with Crippen LogP contribution in [0, 0.1) is 11.3 Å². The van der Waals surface area contributed by atoms with Crippen LogP contribution in [-0.2, 0) is 16.0 Å². The predicted molar refractivity (Wildman–Crippen MR) is 71.6 cm³/mol. The number of rotatable bonds is 1. The van der Waals surface area contributed by atoms with Gasteiger partial charge >= 0.3 is 6.18 Å². The molecule has 1 atom stereocenters. The molecule has 0 radical (unpaired) electrons. The summed E-state index contributed by atoms with van der Waals surface area (Å²) in [4.78, 5) is 1.67. The maximum absolute atomic E-state index is 12.7. The Bertz CT molecular complexity index is 692. The van der Waals surface area contributed by atoms with Gasteiger partial charge in [0.2, 0.25) is 0 Å². The van der Waals surface area contributed by atoms with Crippen LogP contribution in [0.5, 0.6) is 0 Å². The molecular weight excluding hydrogens is 305 g/mol. The van der Waals surface area contributed by atoms with E-state index in [0.29, 0.717) is 5.69 Å². The first-order valence-corrected chi connectivity index (χ1v) is 8.04. The fraction of sp³-hybridized carbons (Fsp3) is 0.462. The molecule has 1 aromatic rings. The van der Waals surface area contributed by atoms with E-state index in [2.05, 4.69) is 0 Å². The van der Waals surface area contributed by atoms with E-state index in [4.69, 9.17) is 5.26 Å². The molecule has 0 N–H and O–H groups in total. The molecule has 0 spiro atoms. The molecule has 0 aliphatic carbocycles. The number of nitrogens with zero attached hydrogens (tertiary/aromatic N) is 2. The summed E-state index contributed by atoms with van der Waals surface area (Å²) in [5, 5.41) is 9.07. The molecule has 8 heteroatoms. The Morgan fingerprint density at radius 3 is 2.57 bits per heavy atom. The lowest BCUT2D eigenvalue weighted by Crippen LogP contribution is -2.47. The van der Waals surface area contributed by atoms with Gasteiger partial charge in [-0.15, -0.1) is 0 Å². The van der Waals surface area contributed by atoms with Gasteiger partial charge in [0, 0.05) is 12.6 Å². The minimum Gasteiger partial charge on any atom is -0.366 e. The number of nitriles is 1.